The predicted octanol–water partition coefficient (Wildman–Crippen LogP) is 4.41. The third-order valence-corrected chi connectivity index (χ3v) is 5.16. The maximum absolute atomic E-state index is 13.8. The summed E-state index contributed by atoms with van der Waals surface area (Å²) in [6.07, 6.45) is 0. The highest BCUT2D eigenvalue weighted by Gasteiger charge is 2.17. The number of hydrogen-bond donors (Lipinski definition) is 0. The van der Waals surface area contributed by atoms with Crippen LogP contribution < -0.4 is 4.80 Å². The van der Waals surface area contributed by atoms with Gasteiger partial charge in [0.2, 0.25) is 0 Å². The van der Waals surface area contributed by atoms with Crippen LogP contribution in [-0.2, 0) is 7.05 Å². The molecular weight excluding hydrogens is 342 g/mol. The number of aromatic nitrogens is 1. The number of hydrogen-bond acceptors (Lipinski definition) is 2. The molecule has 1 amide bonds. The summed E-state index contributed by atoms with van der Waals surface area (Å²) in [5, 5.41) is 2.10. The summed E-state index contributed by atoms with van der Waals surface area (Å²) >= 11 is 1.30. The first-order valence-electron chi connectivity index (χ1n) is 7.56. The van der Waals surface area contributed by atoms with Gasteiger partial charge < -0.3 is 4.57 Å². The van der Waals surface area contributed by atoms with E-state index in [2.05, 4.69) is 4.99 Å². The second-order valence-electron chi connectivity index (χ2n) is 5.59. The molecule has 3 aromatic carbocycles. The molecule has 124 valence electrons. The number of thiazole rings is 1. The minimum absolute atomic E-state index is 0.388. The number of rotatable bonds is 1. The number of carbonyl (C=O) groups excluding carboxylic acids is 1. The third kappa shape index (κ3) is 2.55. The topological polar surface area (TPSA) is 34.4 Å². The number of benzene rings is 3. The number of fused-ring (bicyclic) bond motifs is 3. The molecule has 0 N–H and O–H groups in total. The summed E-state index contributed by atoms with van der Waals surface area (Å²) in [4.78, 5) is 16.6. The van der Waals surface area contributed by atoms with E-state index in [1.54, 1.807) is 11.6 Å². The molecule has 0 saturated carbocycles. The van der Waals surface area contributed by atoms with Gasteiger partial charge in [-0.25, -0.2) is 8.78 Å². The first-order valence-corrected chi connectivity index (χ1v) is 8.38. The molecule has 1 aromatic heterocycles. The van der Waals surface area contributed by atoms with Crippen LogP contribution >= 0.6 is 11.3 Å². The Balaban J connectivity index is 1.95. The summed E-state index contributed by atoms with van der Waals surface area (Å²) in [5.74, 6) is -2.76. The summed E-state index contributed by atoms with van der Waals surface area (Å²) in [7, 11) is 1.79. The number of halogens is 2. The van der Waals surface area contributed by atoms with Crippen LogP contribution in [0.2, 0.25) is 0 Å². The maximum atomic E-state index is 13.8. The van der Waals surface area contributed by atoms with Gasteiger partial charge in [0.15, 0.2) is 4.80 Å². The largest absolute Gasteiger partial charge is 0.319 e. The summed E-state index contributed by atoms with van der Waals surface area (Å²) in [6, 6.07) is 15.1. The molecule has 25 heavy (non-hydrogen) atoms. The van der Waals surface area contributed by atoms with Gasteiger partial charge in [-0.05, 0) is 23.6 Å². The van der Waals surface area contributed by atoms with E-state index in [1.807, 2.05) is 36.4 Å². The van der Waals surface area contributed by atoms with Crippen molar-refractivity contribution >= 4 is 38.2 Å². The molecule has 0 saturated heterocycles. The Kier molecular flexibility index (Phi) is 3.69. The first kappa shape index (κ1) is 15.7. The van der Waals surface area contributed by atoms with Crippen molar-refractivity contribution in [2.75, 3.05) is 0 Å². The van der Waals surface area contributed by atoms with E-state index >= 15 is 0 Å². The van der Waals surface area contributed by atoms with Crippen LogP contribution in [-0.4, -0.2) is 10.5 Å². The van der Waals surface area contributed by atoms with Crippen molar-refractivity contribution in [1.29, 1.82) is 0 Å². The Labute approximate surface area is 145 Å². The predicted molar refractivity (Wildman–Crippen MR) is 94.6 cm³/mol. The van der Waals surface area contributed by atoms with Crippen LogP contribution in [0.5, 0.6) is 0 Å². The molecule has 4 aromatic rings. The number of carbonyl (C=O) groups is 1. The third-order valence-electron chi connectivity index (χ3n) is 4.06. The summed E-state index contributed by atoms with van der Waals surface area (Å²) in [5.41, 5.74) is 0.300. The second kappa shape index (κ2) is 5.89. The molecule has 0 radical (unpaired) electrons. The van der Waals surface area contributed by atoms with Crippen molar-refractivity contribution in [3.05, 3.63) is 76.6 Å². The highest BCUT2D eigenvalue weighted by Crippen LogP contribution is 2.26. The van der Waals surface area contributed by atoms with Crippen molar-refractivity contribution < 1.29 is 13.6 Å². The van der Waals surface area contributed by atoms with Gasteiger partial charge in [-0.15, -0.1) is 0 Å². The molecule has 6 heteroatoms. The molecule has 3 nitrogen and oxygen atoms in total. The van der Waals surface area contributed by atoms with E-state index in [9.17, 15) is 13.6 Å². The van der Waals surface area contributed by atoms with E-state index in [0.717, 1.165) is 33.1 Å². The SMILES string of the molecule is Cn1c(=NC(=O)c2c(F)cccc2F)sc2ccc3ccccc3c21. The Hall–Kier alpha value is -2.86. The van der Waals surface area contributed by atoms with E-state index in [-0.39, 0.29) is 0 Å². The zero-order valence-corrected chi connectivity index (χ0v) is 14.0. The van der Waals surface area contributed by atoms with E-state index in [4.69, 9.17) is 0 Å². The molecule has 0 atom stereocenters. The molecule has 0 aliphatic heterocycles. The normalized spacial score (nSPS) is 12.2. The fourth-order valence-corrected chi connectivity index (χ4v) is 3.90. The van der Waals surface area contributed by atoms with E-state index < -0.39 is 23.1 Å². The Morgan fingerprint density at radius 2 is 1.72 bits per heavy atom. The van der Waals surface area contributed by atoms with Gasteiger partial charge in [-0.2, -0.15) is 4.99 Å². The van der Waals surface area contributed by atoms with Crippen molar-refractivity contribution in [2.24, 2.45) is 12.0 Å². The molecule has 0 spiro atoms. The van der Waals surface area contributed by atoms with E-state index in [1.165, 1.54) is 17.4 Å². The van der Waals surface area contributed by atoms with Gasteiger partial charge in [0.05, 0.1) is 10.2 Å². The standard InChI is InChI=1S/C19H12F2N2OS/c1-23-17-12-6-3-2-5-11(12)9-10-15(17)25-19(23)22-18(24)16-13(20)7-4-8-14(16)21/h2-10H,1H3. The minimum Gasteiger partial charge on any atom is -0.319 e. The molecule has 0 fully saturated rings. The van der Waals surface area contributed by atoms with Gasteiger partial charge in [0, 0.05) is 12.4 Å². The smallest absolute Gasteiger partial charge is 0.285 e. The van der Waals surface area contributed by atoms with Crippen LogP contribution in [0.25, 0.3) is 21.0 Å². The van der Waals surface area contributed by atoms with Crippen molar-refractivity contribution in [3.63, 3.8) is 0 Å². The Morgan fingerprint density at radius 1 is 1.00 bits per heavy atom. The van der Waals surface area contributed by atoms with Crippen LogP contribution in [0.3, 0.4) is 0 Å². The molecular formula is C19H12F2N2OS. The van der Waals surface area contributed by atoms with Crippen LogP contribution in [0.15, 0.2) is 59.6 Å². The van der Waals surface area contributed by atoms with Crippen LogP contribution in [0.4, 0.5) is 8.78 Å². The lowest BCUT2D eigenvalue weighted by molar-refractivity contribution is 0.0990. The first-order chi connectivity index (χ1) is 12.1. The lowest BCUT2D eigenvalue weighted by Crippen LogP contribution is -2.14. The van der Waals surface area contributed by atoms with Gasteiger partial charge in [-0.3, -0.25) is 4.79 Å². The maximum Gasteiger partial charge on any atom is 0.285 e. The monoisotopic (exact) mass is 354 g/mol. The average Bonchev–Trinajstić information content (AvgIpc) is 2.91. The van der Waals surface area contributed by atoms with E-state index in [0.29, 0.717) is 4.80 Å². The summed E-state index contributed by atoms with van der Waals surface area (Å²) in [6.45, 7) is 0. The Bertz CT molecular complexity index is 1190. The number of amides is 1. The highest BCUT2D eigenvalue weighted by molar-refractivity contribution is 7.16. The van der Waals surface area contributed by atoms with Crippen LogP contribution in [0, 0.1) is 11.6 Å². The quantitative estimate of drug-likeness (QED) is 0.498. The molecule has 4 rings (SSSR count). The lowest BCUT2D eigenvalue weighted by atomic mass is 10.1. The van der Waals surface area contributed by atoms with Crippen molar-refractivity contribution in [2.45, 2.75) is 0 Å². The van der Waals surface area contributed by atoms with Gasteiger partial charge in [0.25, 0.3) is 5.91 Å². The highest BCUT2D eigenvalue weighted by atomic mass is 32.1. The molecule has 1 heterocycles. The fraction of sp³-hybridized carbons (Fsp3) is 0.0526. The molecule has 0 aliphatic rings. The molecule has 0 aliphatic carbocycles. The molecule has 0 unspecified atom stereocenters. The fourth-order valence-electron chi connectivity index (χ4n) is 2.87. The van der Waals surface area contributed by atoms with Crippen LogP contribution in [0.1, 0.15) is 10.4 Å². The average molecular weight is 354 g/mol. The minimum atomic E-state index is -0.929. The lowest BCUT2D eigenvalue weighted by Gasteiger charge is -2.02. The van der Waals surface area contributed by atoms with Gasteiger partial charge in [0.1, 0.15) is 17.2 Å². The van der Waals surface area contributed by atoms with Crippen molar-refractivity contribution in [3.8, 4) is 0 Å². The molecule has 0 bridgehead atoms. The zero-order valence-electron chi connectivity index (χ0n) is 13.2. The Morgan fingerprint density at radius 3 is 2.48 bits per heavy atom. The van der Waals surface area contributed by atoms with Gasteiger partial charge >= 0.3 is 0 Å². The van der Waals surface area contributed by atoms with Crippen molar-refractivity contribution in [1.82, 2.24) is 4.57 Å². The number of aryl methyl sites for hydroxylation is 1. The summed E-state index contributed by atoms with van der Waals surface area (Å²) < 4.78 is 30.3. The second-order valence-corrected chi connectivity index (χ2v) is 6.60. The van der Waals surface area contributed by atoms with Gasteiger partial charge in [-0.1, -0.05) is 47.7 Å². The number of nitrogens with zero attached hydrogens (tertiary/aromatic N) is 2. The zero-order chi connectivity index (χ0) is 17.6.